The van der Waals surface area contributed by atoms with Crippen molar-refractivity contribution in [3.63, 3.8) is 0 Å². The fraction of sp³-hybridized carbons (Fsp3) is 0.576. The van der Waals surface area contributed by atoms with E-state index in [0.717, 1.165) is 61.7 Å². The number of halogens is 1. The number of fused-ring (bicyclic) bond motifs is 1. The summed E-state index contributed by atoms with van der Waals surface area (Å²) in [5.74, 6) is -0.113. The minimum absolute atomic E-state index is 0.125. The predicted molar refractivity (Wildman–Crippen MR) is 164 cm³/mol. The molecule has 2 aliphatic heterocycles. The third-order valence-electron chi connectivity index (χ3n) is 8.06. The van der Waals surface area contributed by atoms with Gasteiger partial charge in [0.25, 0.3) is 0 Å². The third-order valence-corrected chi connectivity index (χ3v) is 8.06. The van der Waals surface area contributed by atoms with Crippen LogP contribution in [0.2, 0.25) is 0 Å². The second-order valence-corrected chi connectivity index (χ2v) is 11.6. The normalized spacial score (nSPS) is 20.2. The molecular formula is C33H50FN5O. The van der Waals surface area contributed by atoms with Gasteiger partial charge in [-0.2, -0.15) is 0 Å². The van der Waals surface area contributed by atoms with Crippen molar-refractivity contribution in [2.45, 2.75) is 78.8 Å². The van der Waals surface area contributed by atoms with Crippen molar-refractivity contribution in [3.05, 3.63) is 71.9 Å². The molecule has 0 bridgehead atoms. The van der Waals surface area contributed by atoms with Gasteiger partial charge in [-0.3, -0.25) is 14.7 Å². The molecule has 40 heavy (non-hydrogen) atoms. The van der Waals surface area contributed by atoms with Crippen LogP contribution in [-0.4, -0.2) is 83.5 Å². The van der Waals surface area contributed by atoms with Gasteiger partial charge in [-0.25, -0.2) is 4.39 Å². The summed E-state index contributed by atoms with van der Waals surface area (Å²) in [4.78, 5) is 27.9. The van der Waals surface area contributed by atoms with Crippen LogP contribution in [-0.2, 0) is 16.6 Å². The Morgan fingerprint density at radius 2 is 1.88 bits per heavy atom. The van der Waals surface area contributed by atoms with Crippen molar-refractivity contribution in [2.75, 3.05) is 50.7 Å². The van der Waals surface area contributed by atoms with Gasteiger partial charge in [0, 0.05) is 49.9 Å². The molecule has 2 aromatic rings. The van der Waals surface area contributed by atoms with Crippen LogP contribution in [0, 0.1) is 5.82 Å². The molecule has 1 fully saturated rings. The standard InChI is InChI=1S/C31H44FN5O.C2H6/c1-7-14-34(8-2)19-27-20-35(9-3)23(4)18-36(27)21-29(38)37-22-31(5,6)30-28(37)16-25(17-33-30)15-24-10-12-26(32)13-11-24;1-2/h9-13,16-17,23,27H,3,7-8,14-15,18-22H2,1-2,4-6H3;1-2H3/t23?,27-;/m0./s1. The molecule has 0 spiro atoms. The molecule has 1 amide bonds. The summed E-state index contributed by atoms with van der Waals surface area (Å²) >= 11 is 0. The molecule has 2 aliphatic rings. The number of anilines is 1. The van der Waals surface area contributed by atoms with Crippen LogP contribution < -0.4 is 4.90 Å². The summed E-state index contributed by atoms with van der Waals surface area (Å²) in [5.41, 5.74) is 3.71. The smallest absolute Gasteiger partial charge is 0.241 e. The molecular weight excluding hydrogens is 501 g/mol. The van der Waals surface area contributed by atoms with Crippen LogP contribution in [0.4, 0.5) is 10.1 Å². The molecule has 1 saturated heterocycles. The highest BCUT2D eigenvalue weighted by atomic mass is 19.1. The Hall–Kier alpha value is -2.77. The number of piperazine rings is 1. The summed E-state index contributed by atoms with van der Waals surface area (Å²) < 4.78 is 13.4. The topological polar surface area (TPSA) is 42.9 Å². The van der Waals surface area contributed by atoms with Crippen LogP contribution in [0.25, 0.3) is 0 Å². The van der Waals surface area contributed by atoms with Gasteiger partial charge in [0.2, 0.25) is 5.91 Å². The maximum absolute atomic E-state index is 13.9. The lowest BCUT2D eigenvalue weighted by molar-refractivity contribution is -0.121. The third kappa shape index (κ3) is 7.49. The SMILES string of the molecule is C=CN1C[C@H](CN(CC)CCC)N(CC(=O)N2CC(C)(C)c3ncc(Cc4ccc(F)cc4)cc32)CC1C.CC. The summed E-state index contributed by atoms with van der Waals surface area (Å²) in [5, 5.41) is 0. The maximum atomic E-state index is 13.9. The van der Waals surface area contributed by atoms with E-state index in [-0.39, 0.29) is 23.2 Å². The largest absolute Gasteiger partial charge is 0.372 e. The minimum Gasteiger partial charge on any atom is -0.372 e. The number of carbonyl (C=O) groups excluding carboxylic acids is 1. The number of hydrogen-bond donors (Lipinski definition) is 0. The van der Waals surface area contributed by atoms with Gasteiger partial charge in [0.15, 0.2) is 0 Å². The zero-order valence-corrected chi connectivity index (χ0v) is 25.8. The van der Waals surface area contributed by atoms with Crippen molar-refractivity contribution in [3.8, 4) is 0 Å². The molecule has 4 rings (SSSR count). The Morgan fingerprint density at radius 3 is 2.50 bits per heavy atom. The van der Waals surface area contributed by atoms with Gasteiger partial charge in [-0.05, 0) is 68.4 Å². The van der Waals surface area contributed by atoms with Crippen molar-refractivity contribution >= 4 is 11.6 Å². The monoisotopic (exact) mass is 551 g/mol. The second kappa shape index (κ2) is 14.2. The highest BCUT2D eigenvalue weighted by molar-refractivity contribution is 5.97. The van der Waals surface area contributed by atoms with E-state index in [1.54, 1.807) is 12.1 Å². The summed E-state index contributed by atoms with van der Waals surface area (Å²) in [7, 11) is 0. The lowest BCUT2D eigenvalue weighted by atomic mass is 9.91. The number of pyridine rings is 1. The first-order valence-corrected chi connectivity index (χ1v) is 15.0. The van der Waals surface area contributed by atoms with E-state index < -0.39 is 0 Å². The summed E-state index contributed by atoms with van der Waals surface area (Å²) in [6.45, 7) is 24.7. The van der Waals surface area contributed by atoms with E-state index in [2.05, 4.69) is 62.0 Å². The van der Waals surface area contributed by atoms with Crippen LogP contribution in [0.5, 0.6) is 0 Å². The molecule has 7 heteroatoms. The molecule has 1 aromatic heterocycles. The van der Waals surface area contributed by atoms with Crippen LogP contribution in [0.1, 0.15) is 71.7 Å². The Balaban J connectivity index is 0.00000216. The maximum Gasteiger partial charge on any atom is 0.241 e. The molecule has 220 valence electrons. The highest BCUT2D eigenvalue weighted by Gasteiger charge is 2.41. The lowest BCUT2D eigenvalue weighted by Gasteiger charge is -2.46. The van der Waals surface area contributed by atoms with Crippen molar-refractivity contribution in [1.29, 1.82) is 0 Å². The van der Waals surface area contributed by atoms with Crippen molar-refractivity contribution in [2.24, 2.45) is 0 Å². The first kappa shape index (κ1) is 31.8. The summed E-state index contributed by atoms with van der Waals surface area (Å²) in [6.07, 6.45) is 5.61. The second-order valence-electron chi connectivity index (χ2n) is 11.6. The van der Waals surface area contributed by atoms with E-state index >= 15 is 0 Å². The van der Waals surface area contributed by atoms with Crippen LogP contribution in [0.15, 0.2) is 49.3 Å². The molecule has 1 aromatic carbocycles. The highest BCUT2D eigenvalue weighted by Crippen LogP contribution is 2.40. The number of likely N-dealkylation sites (N-methyl/N-ethyl adjacent to an activating group) is 1. The Kier molecular flexibility index (Phi) is 11.3. The van der Waals surface area contributed by atoms with Gasteiger partial charge in [-0.15, -0.1) is 0 Å². The Labute approximate surface area is 241 Å². The predicted octanol–water partition coefficient (Wildman–Crippen LogP) is 5.71. The van der Waals surface area contributed by atoms with Gasteiger partial charge < -0.3 is 14.7 Å². The Morgan fingerprint density at radius 1 is 1.18 bits per heavy atom. The van der Waals surface area contributed by atoms with Gasteiger partial charge in [0.1, 0.15) is 5.82 Å². The summed E-state index contributed by atoms with van der Waals surface area (Å²) in [6, 6.07) is 9.25. The van der Waals surface area contributed by atoms with E-state index in [1.807, 2.05) is 31.1 Å². The van der Waals surface area contributed by atoms with Crippen molar-refractivity contribution in [1.82, 2.24) is 19.7 Å². The molecule has 0 saturated carbocycles. The minimum atomic E-state index is -0.238. The van der Waals surface area contributed by atoms with Gasteiger partial charge in [-0.1, -0.05) is 60.3 Å². The molecule has 2 atom stereocenters. The molecule has 0 N–H and O–H groups in total. The average Bonchev–Trinajstić information content (AvgIpc) is 3.22. The number of carbonyl (C=O) groups is 1. The van der Waals surface area contributed by atoms with Gasteiger partial charge >= 0.3 is 0 Å². The molecule has 6 nitrogen and oxygen atoms in total. The lowest BCUT2D eigenvalue weighted by Crippen LogP contribution is -2.60. The number of nitrogens with zero attached hydrogens (tertiary/aromatic N) is 5. The quantitative estimate of drug-likeness (QED) is 0.378. The van der Waals surface area contributed by atoms with Crippen molar-refractivity contribution < 1.29 is 9.18 Å². The number of benzene rings is 1. The fourth-order valence-corrected chi connectivity index (χ4v) is 5.94. The molecule has 3 heterocycles. The van der Waals surface area contributed by atoms with Crippen LogP contribution in [0.3, 0.4) is 0 Å². The molecule has 0 radical (unpaired) electrons. The molecule has 0 aliphatic carbocycles. The molecule has 1 unspecified atom stereocenters. The number of aromatic nitrogens is 1. The van der Waals surface area contributed by atoms with E-state index in [0.29, 0.717) is 25.6 Å². The van der Waals surface area contributed by atoms with E-state index in [1.165, 1.54) is 12.1 Å². The first-order chi connectivity index (χ1) is 19.1. The number of rotatable bonds is 10. The Bertz CT molecular complexity index is 1120. The van der Waals surface area contributed by atoms with Crippen LogP contribution >= 0.6 is 0 Å². The van der Waals surface area contributed by atoms with Gasteiger partial charge in [0.05, 0.1) is 17.9 Å². The number of amides is 1. The first-order valence-electron chi connectivity index (χ1n) is 15.0. The van der Waals surface area contributed by atoms with E-state index in [4.69, 9.17) is 4.98 Å². The zero-order chi connectivity index (χ0) is 29.4. The average molecular weight is 552 g/mol. The number of hydrogen-bond acceptors (Lipinski definition) is 5. The fourth-order valence-electron chi connectivity index (χ4n) is 5.94. The van der Waals surface area contributed by atoms with E-state index in [9.17, 15) is 9.18 Å². The zero-order valence-electron chi connectivity index (χ0n) is 25.8.